The summed E-state index contributed by atoms with van der Waals surface area (Å²) < 4.78 is 0.705. The summed E-state index contributed by atoms with van der Waals surface area (Å²) in [6.45, 7) is 5.22. The third-order valence-corrected chi connectivity index (χ3v) is 1.74. The van der Waals surface area contributed by atoms with E-state index in [4.69, 9.17) is 0 Å². The Hall–Kier alpha value is -1.16. The summed E-state index contributed by atoms with van der Waals surface area (Å²) in [5.41, 5.74) is 0.0429. The topological polar surface area (TPSA) is 43.1 Å². The van der Waals surface area contributed by atoms with Crippen molar-refractivity contribution in [2.75, 3.05) is 0 Å². The van der Waals surface area contributed by atoms with Crippen molar-refractivity contribution >= 4 is 15.9 Å². The van der Waals surface area contributed by atoms with Gasteiger partial charge in [-0.15, -0.1) is 0 Å². The van der Waals surface area contributed by atoms with Crippen molar-refractivity contribution < 1.29 is 4.92 Å². The molecule has 13 heavy (non-hydrogen) atoms. The van der Waals surface area contributed by atoms with Gasteiger partial charge in [0.1, 0.15) is 0 Å². The molecule has 0 heterocycles. The number of nitrogens with zero attached hydrogens (tertiary/aromatic N) is 1. The molecular weight excluding hydrogens is 234 g/mol. The molecule has 0 saturated carbocycles. The van der Waals surface area contributed by atoms with Gasteiger partial charge in [0.2, 0.25) is 0 Å². The lowest BCUT2D eigenvalue weighted by Crippen LogP contribution is -1.94. The van der Waals surface area contributed by atoms with E-state index >= 15 is 0 Å². The monoisotopic (exact) mass is 243 g/mol. The fourth-order valence-electron chi connectivity index (χ4n) is 0.581. The van der Waals surface area contributed by atoms with E-state index in [0.29, 0.717) is 4.48 Å². The van der Waals surface area contributed by atoms with Crippen LogP contribution >= 0.6 is 15.9 Å². The summed E-state index contributed by atoms with van der Waals surface area (Å²) in [5, 5.41) is 10.4. The van der Waals surface area contributed by atoms with E-state index in [1.54, 1.807) is 25.2 Å². The molecule has 0 saturated heterocycles. The highest BCUT2D eigenvalue weighted by molar-refractivity contribution is 9.11. The van der Waals surface area contributed by atoms with E-state index in [1.807, 2.05) is 0 Å². The Balaban J connectivity index is 4.74. The van der Waals surface area contributed by atoms with E-state index in [2.05, 4.69) is 22.5 Å². The zero-order valence-corrected chi connectivity index (χ0v) is 8.82. The van der Waals surface area contributed by atoms with Crippen molar-refractivity contribution in [3.63, 3.8) is 0 Å². The number of halogens is 1. The SMILES string of the molecule is C=C\C(Br)=C/C=C(\C=C\C)[N+](=O)[O-]. The first-order valence-corrected chi connectivity index (χ1v) is 4.38. The normalized spacial score (nSPS) is 13.4. The van der Waals surface area contributed by atoms with E-state index in [1.165, 1.54) is 12.2 Å². The number of hydrogen-bond acceptors (Lipinski definition) is 2. The van der Waals surface area contributed by atoms with Gasteiger partial charge in [-0.1, -0.05) is 34.7 Å². The van der Waals surface area contributed by atoms with Crippen molar-refractivity contribution in [3.8, 4) is 0 Å². The Morgan fingerprint density at radius 2 is 2.15 bits per heavy atom. The first-order chi connectivity index (χ1) is 6.11. The highest BCUT2D eigenvalue weighted by Gasteiger charge is 2.02. The zero-order valence-electron chi connectivity index (χ0n) is 7.24. The highest BCUT2D eigenvalue weighted by Crippen LogP contribution is 2.07. The van der Waals surface area contributed by atoms with Crippen molar-refractivity contribution in [1.29, 1.82) is 0 Å². The second-order valence-electron chi connectivity index (χ2n) is 2.10. The lowest BCUT2D eigenvalue weighted by atomic mass is 10.3. The summed E-state index contributed by atoms with van der Waals surface area (Å²) in [5.74, 6) is 0. The van der Waals surface area contributed by atoms with E-state index in [0.717, 1.165) is 0 Å². The molecule has 0 spiro atoms. The van der Waals surface area contributed by atoms with Crippen molar-refractivity contribution in [1.82, 2.24) is 0 Å². The third kappa shape index (κ3) is 5.14. The maximum atomic E-state index is 10.4. The predicted octanol–water partition coefficient (Wildman–Crippen LogP) is 3.19. The molecule has 0 aromatic heterocycles. The maximum Gasteiger partial charge on any atom is 0.269 e. The van der Waals surface area contributed by atoms with Gasteiger partial charge in [-0.05, 0) is 13.0 Å². The molecule has 0 aliphatic heterocycles. The standard InChI is InChI=1S/C9H10BrNO2/c1-3-5-9(11(12)13)7-6-8(10)4-2/h3-7H,2H2,1H3/b5-3+,8-6+,9-7+. The van der Waals surface area contributed by atoms with Crippen molar-refractivity contribution in [2.45, 2.75) is 6.92 Å². The average molecular weight is 244 g/mol. The van der Waals surface area contributed by atoms with E-state index < -0.39 is 4.92 Å². The van der Waals surface area contributed by atoms with Gasteiger partial charge in [0.15, 0.2) is 0 Å². The molecule has 3 nitrogen and oxygen atoms in total. The van der Waals surface area contributed by atoms with Crippen LogP contribution in [0.1, 0.15) is 6.92 Å². The molecular formula is C9H10BrNO2. The Morgan fingerprint density at radius 1 is 1.54 bits per heavy atom. The number of nitro groups is 1. The fraction of sp³-hybridized carbons (Fsp3) is 0.111. The Bertz CT molecular complexity index is 290. The van der Waals surface area contributed by atoms with Crippen LogP contribution in [0, 0.1) is 10.1 Å². The molecule has 0 bridgehead atoms. The third-order valence-electron chi connectivity index (χ3n) is 1.16. The van der Waals surface area contributed by atoms with Crippen LogP contribution in [0.5, 0.6) is 0 Å². The fourth-order valence-corrected chi connectivity index (χ4v) is 0.713. The van der Waals surface area contributed by atoms with Gasteiger partial charge < -0.3 is 0 Å². The van der Waals surface area contributed by atoms with Crippen LogP contribution in [0.3, 0.4) is 0 Å². The first kappa shape index (κ1) is 11.8. The second-order valence-corrected chi connectivity index (χ2v) is 3.02. The first-order valence-electron chi connectivity index (χ1n) is 3.58. The second kappa shape index (κ2) is 6.37. The molecule has 0 fully saturated rings. The Morgan fingerprint density at radius 3 is 2.54 bits per heavy atom. The number of rotatable bonds is 4. The van der Waals surface area contributed by atoms with Gasteiger partial charge in [-0.2, -0.15) is 0 Å². The van der Waals surface area contributed by atoms with Crippen LogP contribution in [0.25, 0.3) is 0 Å². The van der Waals surface area contributed by atoms with E-state index in [-0.39, 0.29) is 5.70 Å². The summed E-state index contributed by atoms with van der Waals surface area (Å²) in [6, 6.07) is 0. The van der Waals surface area contributed by atoms with Crippen LogP contribution in [-0.2, 0) is 0 Å². The summed E-state index contributed by atoms with van der Waals surface area (Å²) in [6.07, 6.45) is 7.59. The lowest BCUT2D eigenvalue weighted by molar-refractivity contribution is -0.419. The summed E-state index contributed by atoms with van der Waals surface area (Å²) in [7, 11) is 0. The summed E-state index contributed by atoms with van der Waals surface area (Å²) >= 11 is 3.16. The van der Waals surface area contributed by atoms with Crippen molar-refractivity contribution in [3.05, 3.63) is 57.3 Å². The molecule has 4 heteroatoms. The molecule has 0 aliphatic carbocycles. The molecule has 70 valence electrons. The van der Waals surface area contributed by atoms with Crippen LogP contribution in [0.2, 0.25) is 0 Å². The van der Waals surface area contributed by atoms with Crippen LogP contribution in [-0.4, -0.2) is 4.92 Å². The molecule has 0 N–H and O–H groups in total. The smallest absolute Gasteiger partial charge is 0.258 e. The number of hydrogen-bond donors (Lipinski definition) is 0. The largest absolute Gasteiger partial charge is 0.269 e. The van der Waals surface area contributed by atoms with Crippen molar-refractivity contribution in [2.24, 2.45) is 0 Å². The van der Waals surface area contributed by atoms with Gasteiger partial charge in [-0.25, -0.2) is 0 Å². The van der Waals surface area contributed by atoms with E-state index in [9.17, 15) is 10.1 Å². The number of allylic oxidation sites excluding steroid dienone is 6. The quantitative estimate of drug-likeness (QED) is 0.433. The molecule has 0 rings (SSSR count). The van der Waals surface area contributed by atoms with Crippen LogP contribution in [0.4, 0.5) is 0 Å². The average Bonchev–Trinajstić information content (AvgIpc) is 2.11. The maximum absolute atomic E-state index is 10.4. The van der Waals surface area contributed by atoms with Crippen LogP contribution in [0.15, 0.2) is 47.1 Å². The minimum Gasteiger partial charge on any atom is -0.258 e. The summed E-state index contributed by atoms with van der Waals surface area (Å²) in [4.78, 5) is 9.96. The van der Waals surface area contributed by atoms with Gasteiger partial charge in [-0.3, -0.25) is 10.1 Å². The predicted molar refractivity (Wildman–Crippen MR) is 57.1 cm³/mol. The van der Waals surface area contributed by atoms with Gasteiger partial charge >= 0.3 is 0 Å². The molecule has 0 radical (unpaired) electrons. The highest BCUT2D eigenvalue weighted by atomic mass is 79.9. The zero-order chi connectivity index (χ0) is 10.3. The minimum atomic E-state index is -0.445. The molecule has 0 aromatic carbocycles. The minimum absolute atomic E-state index is 0.0429. The Labute approximate surface area is 85.4 Å². The molecule has 0 aliphatic rings. The molecule has 0 aromatic rings. The molecule has 0 unspecified atom stereocenters. The van der Waals surface area contributed by atoms with Crippen LogP contribution < -0.4 is 0 Å². The van der Waals surface area contributed by atoms with Gasteiger partial charge in [0.05, 0.1) is 4.92 Å². The Kier molecular flexibility index (Phi) is 5.80. The molecule has 0 amide bonds. The van der Waals surface area contributed by atoms with Gasteiger partial charge in [0, 0.05) is 16.6 Å². The molecule has 0 atom stereocenters. The van der Waals surface area contributed by atoms with Gasteiger partial charge in [0.25, 0.3) is 5.70 Å². The lowest BCUT2D eigenvalue weighted by Gasteiger charge is -1.88.